The summed E-state index contributed by atoms with van der Waals surface area (Å²) in [6.45, 7) is 1.87. The van der Waals surface area contributed by atoms with Crippen molar-refractivity contribution < 1.29 is 27.1 Å². The number of carbonyl (C=O) groups excluding carboxylic acids is 2. The number of piperidine rings is 1. The molecule has 3 heterocycles. The van der Waals surface area contributed by atoms with Gasteiger partial charge in [-0.1, -0.05) is 17.7 Å². The summed E-state index contributed by atoms with van der Waals surface area (Å²) in [5.74, 6) is -1.15. The zero-order valence-corrected chi connectivity index (χ0v) is 26.3. The van der Waals surface area contributed by atoms with Crippen molar-refractivity contribution >= 4 is 50.6 Å². The highest BCUT2D eigenvalue weighted by Gasteiger charge is 2.42. The normalized spacial score (nSPS) is 20.2. The van der Waals surface area contributed by atoms with E-state index < -0.39 is 45.8 Å². The molecule has 0 saturated carbocycles. The minimum atomic E-state index is -3.73. The van der Waals surface area contributed by atoms with Crippen LogP contribution < -0.4 is 21.1 Å². The van der Waals surface area contributed by atoms with E-state index in [9.17, 15) is 22.4 Å². The average Bonchev–Trinajstić information content (AvgIpc) is 3.61. The molecule has 236 valence electrons. The van der Waals surface area contributed by atoms with E-state index in [1.807, 2.05) is 0 Å². The van der Waals surface area contributed by atoms with Crippen LogP contribution in [0.4, 0.5) is 4.39 Å². The predicted molar refractivity (Wildman–Crippen MR) is 164 cm³/mol. The van der Waals surface area contributed by atoms with Gasteiger partial charge in [0.1, 0.15) is 23.7 Å². The number of amidine groups is 1. The van der Waals surface area contributed by atoms with Crippen molar-refractivity contribution in [3.63, 3.8) is 0 Å². The molecule has 1 aromatic heterocycles. The molecular weight excluding hydrogens is 619 g/mol. The van der Waals surface area contributed by atoms with Crippen LogP contribution in [0.1, 0.15) is 47.4 Å². The molecule has 1 aromatic carbocycles. The number of halogens is 2. The number of thiophene rings is 1. The molecule has 2 aliphatic heterocycles. The highest BCUT2D eigenvalue weighted by Crippen LogP contribution is 2.26. The van der Waals surface area contributed by atoms with Gasteiger partial charge in [-0.25, -0.2) is 17.5 Å². The van der Waals surface area contributed by atoms with E-state index in [-0.39, 0.29) is 42.5 Å². The maximum atomic E-state index is 14.4. The maximum Gasteiger partial charge on any atom is 0.243 e. The highest BCUT2D eigenvalue weighted by molar-refractivity contribution is 7.88. The minimum Gasteiger partial charge on any atom is -0.383 e. The van der Waals surface area contributed by atoms with E-state index in [1.165, 1.54) is 28.4 Å². The summed E-state index contributed by atoms with van der Waals surface area (Å²) in [4.78, 5) is 30.1. The lowest BCUT2D eigenvalue weighted by molar-refractivity contribution is -0.140. The number of sulfonamides is 1. The molecule has 3 atom stereocenters. The van der Waals surface area contributed by atoms with Crippen LogP contribution in [0.15, 0.2) is 30.3 Å². The summed E-state index contributed by atoms with van der Waals surface area (Å²) in [6, 6.07) is 5.75. The first-order chi connectivity index (χ1) is 20.4. The number of hydrogen-bond donors (Lipinski definition) is 5. The Morgan fingerprint density at radius 2 is 2.02 bits per heavy atom. The number of nitrogens with two attached hydrogens (primary N) is 1. The molecule has 2 fully saturated rings. The van der Waals surface area contributed by atoms with Crippen LogP contribution in [-0.4, -0.2) is 75.0 Å². The van der Waals surface area contributed by atoms with Crippen LogP contribution in [0.25, 0.3) is 0 Å². The molecule has 0 spiro atoms. The molecule has 2 aromatic rings. The number of benzene rings is 1. The summed E-state index contributed by atoms with van der Waals surface area (Å²) in [5, 5.41) is 14.0. The summed E-state index contributed by atoms with van der Waals surface area (Å²) in [6.07, 6.45) is 3.41. The van der Waals surface area contributed by atoms with Crippen molar-refractivity contribution in [2.75, 3.05) is 25.9 Å². The zero-order chi connectivity index (χ0) is 31.1. The molecule has 0 aliphatic carbocycles. The maximum absolute atomic E-state index is 14.4. The second-order valence-corrected chi connectivity index (χ2v) is 14.4. The molecule has 2 amide bonds. The van der Waals surface area contributed by atoms with E-state index >= 15 is 0 Å². The van der Waals surface area contributed by atoms with Crippen LogP contribution in [0.5, 0.6) is 0 Å². The Balaban J connectivity index is 1.49. The van der Waals surface area contributed by atoms with Crippen LogP contribution in [-0.2, 0) is 37.5 Å². The van der Waals surface area contributed by atoms with Crippen LogP contribution in [0.3, 0.4) is 0 Å². The van der Waals surface area contributed by atoms with Gasteiger partial charge in [0.05, 0.1) is 30.4 Å². The molecule has 43 heavy (non-hydrogen) atoms. The number of hydrogen-bond acceptors (Lipinski definition) is 8. The van der Waals surface area contributed by atoms with Gasteiger partial charge in [-0.3, -0.25) is 15.0 Å². The van der Waals surface area contributed by atoms with Gasteiger partial charge >= 0.3 is 0 Å². The number of rotatable bonds is 13. The van der Waals surface area contributed by atoms with Gasteiger partial charge in [0, 0.05) is 28.4 Å². The van der Waals surface area contributed by atoms with Gasteiger partial charge in [-0.05, 0) is 69.0 Å². The number of nitrogens with one attached hydrogen (secondary N) is 4. The molecular formula is C28H38ClFN6O5S2. The number of carbonyl (C=O) groups is 2. The highest BCUT2D eigenvalue weighted by atomic mass is 35.5. The first-order valence-corrected chi connectivity index (χ1v) is 17.2. The number of ether oxygens (including phenoxy) is 1. The fourth-order valence-electron chi connectivity index (χ4n) is 5.43. The lowest BCUT2D eigenvalue weighted by atomic mass is 9.91. The van der Waals surface area contributed by atoms with Crippen LogP contribution in [0, 0.1) is 17.1 Å². The number of amides is 2. The van der Waals surface area contributed by atoms with Crippen molar-refractivity contribution in [2.45, 2.75) is 63.4 Å². The molecule has 11 nitrogen and oxygen atoms in total. The van der Waals surface area contributed by atoms with Gasteiger partial charge in [0.15, 0.2) is 0 Å². The Morgan fingerprint density at radius 3 is 2.67 bits per heavy atom. The largest absolute Gasteiger partial charge is 0.383 e. The van der Waals surface area contributed by atoms with Gasteiger partial charge in [0.2, 0.25) is 21.8 Å². The lowest BCUT2D eigenvalue weighted by Crippen LogP contribution is -2.53. The topological polar surface area (TPSA) is 167 Å². The number of nitrogen functional groups attached to an aromatic ring is 1. The number of nitrogens with zero attached hydrogens (tertiary/aromatic N) is 1. The molecule has 0 radical (unpaired) electrons. The standard InChI is InChI=1S/C28H38ClFN6O5S2/c1-43(39,40)35-23(6-2-17-8-10-33-11-9-17)28(38)36-15-20(41-16-18-3-4-19(29)12-22(18)30)13-24(36)27(37)34-14-21-5-7-25(42-21)26(31)32/h3-5,7,12,17,20,23-24,33,35H,2,6,8-11,13-16H2,1H3,(H3,31,32)(H,34,37)/t20-,23-,24+/m1/s1. The van der Waals surface area contributed by atoms with E-state index in [0.717, 1.165) is 37.1 Å². The molecule has 2 aliphatic rings. The van der Waals surface area contributed by atoms with E-state index in [2.05, 4.69) is 15.4 Å². The fourth-order valence-corrected chi connectivity index (χ4v) is 7.13. The van der Waals surface area contributed by atoms with Crippen LogP contribution in [0.2, 0.25) is 5.02 Å². The SMILES string of the molecule is CS(=O)(=O)N[C@H](CCC1CCNCC1)C(=O)N1C[C@H](OCc2ccc(Cl)cc2F)C[C@H]1C(=O)NCc1ccc(C(=N)N)s1. The smallest absolute Gasteiger partial charge is 0.243 e. The first kappa shape index (κ1) is 33.3. The summed E-state index contributed by atoms with van der Waals surface area (Å²) in [5.41, 5.74) is 5.83. The van der Waals surface area contributed by atoms with Crippen LogP contribution >= 0.6 is 22.9 Å². The minimum absolute atomic E-state index is 0.0366. The summed E-state index contributed by atoms with van der Waals surface area (Å²) in [7, 11) is -3.73. The molecule has 0 unspecified atom stereocenters. The van der Waals surface area contributed by atoms with Gasteiger partial charge in [-0.2, -0.15) is 0 Å². The summed E-state index contributed by atoms with van der Waals surface area (Å²) < 4.78 is 47.3. The molecule has 4 rings (SSSR count). The zero-order valence-electron chi connectivity index (χ0n) is 23.9. The number of likely N-dealkylation sites (tertiary alicyclic amines) is 1. The van der Waals surface area contributed by atoms with Gasteiger partial charge < -0.3 is 26.0 Å². The van der Waals surface area contributed by atoms with Crippen molar-refractivity contribution in [2.24, 2.45) is 11.7 Å². The Labute approximate surface area is 260 Å². The van der Waals surface area contributed by atoms with E-state index in [1.54, 1.807) is 18.2 Å². The third kappa shape index (κ3) is 9.68. The van der Waals surface area contributed by atoms with E-state index in [0.29, 0.717) is 23.6 Å². The van der Waals surface area contributed by atoms with Crippen molar-refractivity contribution in [1.82, 2.24) is 20.3 Å². The van der Waals surface area contributed by atoms with Gasteiger partial charge in [-0.15, -0.1) is 11.3 Å². The van der Waals surface area contributed by atoms with Crippen molar-refractivity contribution in [1.29, 1.82) is 5.41 Å². The second-order valence-electron chi connectivity index (χ2n) is 11.0. The monoisotopic (exact) mass is 656 g/mol. The molecule has 2 saturated heterocycles. The van der Waals surface area contributed by atoms with Crippen molar-refractivity contribution in [3.05, 3.63) is 56.5 Å². The van der Waals surface area contributed by atoms with E-state index in [4.69, 9.17) is 27.5 Å². The first-order valence-electron chi connectivity index (χ1n) is 14.1. The molecule has 6 N–H and O–H groups in total. The molecule has 0 bridgehead atoms. The quantitative estimate of drug-likeness (QED) is 0.163. The Hall–Kier alpha value is -2.62. The lowest BCUT2D eigenvalue weighted by Gasteiger charge is -2.29. The fraction of sp³-hybridized carbons (Fsp3) is 0.536. The Morgan fingerprint density at radius 1 is 1.28 bits per heavy atom. The Kier molecular flexibility index (Phi) is 11.5. The molecule has 15 heteroatoms. The Bertz CT molecular complexity index is 1420. The van der Waals surface area contributed by atoms with Crippen molar-refractivity contribution in [3.8, 4) is 0 Å². The summed E-state index contributed by atoms with van der Waals surface area (Å²) >= 11 is 7.13. The third-order valence-electron chi connectivity index (χ3n) is 7.68. The average molecular weight is 657 g/mol. The predicted octanol–water partition coefficient (Wildman–Crippen LogP) is 2.32. The van der Waals surface area contributed by atoms with Gasteiger partial charge in [0.25, 0.3) is 0 Å². The third-order valence-corrected chi connectivity index (χ3v) is 9.75. The second kappa shape index (κ2) is 14.9.